The van der Waals surface area contributed by atoms with E-state index in [4.69, 9.17) is 0 Å². The van der Waals surface area contributed by atoms with Crippen molar-refractivity contribution in [2.75, 3.05) is 13.1 Å². The minimum atomic E-state index is -0.0492. The number of hydrogen-bond acceptors (Lipinski definition) is 2. The SMILES string of the molecule is CCCNCC1CCCCCC1O. The van der Waals surface area contributed by atoms with Gasteiger partial charge >= 0.3 is 0 Å². The van der Waals surface area contributed by atoms with E-state index < -0.39 is 0 Å². The van der Waals surface area contributed by atoms with Crippen molar-refractivity contribution in [1.82, 2.24) is 5.32 Å². The van der Waals surface area contributed by atoms with Gasteiger partial charge in [-0.3, -0.25) is 0 Å². The maximum absolute atomic E-state index is 9.81. The van der Waals surface area contributed by atoms with Crippen LogP contribution in [-0.2, 0) is 0 Å². The molecule has 0 aromatic rings. The summed E-state index contributed by atoms with van der Waals surface area (Å²) in [5, 5.41) is 13.2. The minimum absolute atomic E-state index is 0.0492. The van der Waals surface area contributed by atoms with Crippen molar-refractivity contribution >= 4 is 0 Å². The van der Waals surface area contributed by atoms with Crippen LogP contribution in [0.2, 0.25) is 0 Å². The lowest BCUT2D eigenvalue weighted by Crippen LogP contribution is -2.31. The molecule has 0 heterocycles. The lowest BCUT2D eigenvalue weighted by Gasteiger charge is -2.20. The van der Waals surface area contributed by atoms with Crippen LogP contribution in [-0.4, -0.2) is 24.3 Å². The standard InChI is InChI=1S/C11H23NO/c1-2-8-12-9-10-6-4-3-5-7-11(10)13/h10-13H,2-9H2,1H3. The summed E-state index contributed by atoms with van der Waals surface area (Å²) in [6.07, 6.45) is 7.17. The van der Waals surface area contributed by atoms with Crippen LogP contribution >= 0.6 is 0 Å². The van der Waals surface area contributed by atoms with Crippen LogP contribution in [0.3, 0.4) is 0 Å². The molecule has 1 aliphatic rings. The van der Waals surface area contributed by atoms with Crippen LogP contribution in [0.5, 0.6) is 0 Å². The van der Waals surface area contributed by atoms with Crippen molar-refractivity contribution in [3.8, 4) is 0 Å². The Morgan fingerprint density at radius 1 is 1.23 bits per heavy atom. The normalized spacial score (nSPS) is 30.0. The van der Waals surface area contributed by atoms with Gasteiger partial charge in [-0.15, -0.1) is 0 Å². The van der Waals surface area contributed by atoms with E-state index in [1.807, 2.05) is 0 Å². The summed E-state index contributed by atoms with van der Waals surface area (Å²) in [7, 11) is 0. The highest BCUT2D eigenvalue weighted by atomic mass is 16.3. The van der Waals surface area contributed by atoms with Gasteiger partial charge in [-0.25, -0.2) is 0 Å². The van der Waals surface area contributed by atoms with Crippen molar-refractivity contribution in [2.45, 2.75) is 51.6 Å². The molecule has 1 saturated carbocycles. The van der Waals surface area contributed by atoms with E-state index in [0.717, 1.165) is 19.5 Å². The maximum Gasteiger partial charge on any atom is 0.0580 e. The van der Waals surface area contributed by atoms with E-state index >= 15 is 0 Å². The fraction of sp³-hybridized carbons (Fsp3) is 1.00. The number of aliphatic hydroxyl groups is 1. The first-order chi connectivity index (χ1) is 6.34. The molecule has 2 atom stereocenters. The Balaban J connectivity index is 2.19. The Bertz CT molecular complexity index is 127. The molecular formula is C11H23NO. The highest BCUT2D eigenvalue weighted by molar-refractivity contribution is 4.74. The molecule has 2 unspecified atom stereocenters. The zero-order chi connectivity index (χ0) is 9.52. The minimum Gasteiger partial charge on any atom is -0.393 e. The van der Waals surface area contributed by atoms with Crippen LogP contribution in [0.1, 0.15) is 45.4 Å². The third kappa shape index (κ3) is 4.10. The number of nitrogens with one attached hydrogen (secondary N) is 1. The third-order valence-electron chi connectivity index (χ3n) is 2.95. The van der Waals surface area contributed by atoms with Gasteiger partial charge in [0.05, 0.1) is 6.10 Å². The molecule has 0 aromatic heterocycles. The van der Waals surface area contributed by atoms with Crippen LogP contribution in [0.15, 0.2) is 0 Å². The Hall–Kier alpha value is -0.0800. The molecule has 2 heteroatoms. The summed E-state index contributed by atoms with van der Waals surface area (Å²) in [4.78, 5) is 0. The molecule has 2 N–H and O–H groups in total. The number of aliphatic hydroxyl groups excluding tert-OH is 1. The van der Waals surface area contributed by atoms with E-state index in [1.165, 1.54) is 32.1 Å². The molecular weight excluding hydrogens is 162 g/mol. The van der Waals surface area contributed by atoms with E-state index in [2.05, 4.69) is 12.2 Å². The first-order valence-corrected chi connectivity index (χ1v) is 5.73. The van der Waals surface area contributed by atoms with Crippen LogP contribution < -0.4 is 5.32 Å². The molecule has 13 heavy (non-hydrogen) atoms. The van der Waals surface area contributed by atoms with Crippen molar-refractivity contribution in [1.29, 1.82) is 0 Å². The molecule has 0 spiro atoms. The monoisotopic (exact) mass is 185 g/mol. The van der Waals surface area contributed by atoms with Gasteiger partial charge in [0, 0.05) is 6.54 Å². The predicted octanol–water partition coefficient (Wildman–Crippen LogP) is 1.93. The van der Waals surface area contributed by atoms with Gasteiger partial charge in [0.2, 0.25) is 0 Å². The van der Waals surface area contributed by atoms with Crippen LogP contribution in [0.25, 0.3) is 0 Å². The van der Waals surface area contributed by atoms with Gasteiger partial charge in [-0.05, 0) is 31.7 Å². The Morgan fingerprint density at radius 3 is 2.77 bits per heavy atom. The summed E-state index contributed by atoms with van der Waals surface area (Å²) in [5.41, 5.74) is 0. The topological polar surface area (TPSA) is 32.3 Å². The second-order valence-electron chi connectivity index (χ2n) is 4.17. The molecule has 1 aliphatic carbocycles. The van der Waals surface area contributed by atoms with Gasteiger partial charge in [0.1, 0.15) is 0 Å². The van der Waals surface area contributed by atoms with Gasteiger partial charge in [-0.1, -0.05) is 26.2 Å². The molecule has 78 valence electrons. The first-order valence-electron chi connectivity index (χ1n) is 5.73. The van der Waals surface area contributed by atoms with Crippen molar-refractivity contribution < 1.29 is 5.11 Å². The summed E-state index contributed by atoms with van der Waals surface area (Å²) in [6.45, 7) is 4.27. The van der Waals surface area contributed by atoms with Crippen LogP contribution in [0.4, 0.5) is 0 Å². The van der Waals surface area contributed by atoms with Crippen LogP contribution in [0, 0.1) is 5.92 Å². The van der Waals surface area contributed by atoms with Gasteiger partial charge in [0.15, 0.2) is 0 Å². The lowest BCUT2D eigenvalue weighted by molar-refractivity contribution is 0.100. The van der Waals surface area contributed by atoms with Crippen molar-refractivity contribution in [3.63, 3.8) is 0 Å². The van der Waals surface area contributed by atoms with Gasteiger partial charge in [0.25, 0.3) is 0 Å². The molecule has 0 saturated heterocycles. The smallest absolute Gasteiger partial charge is 0.0580 e. The fourth-order valence-corrected chi connectivity index (χ4v) is 2.07. The first kappa shape index (κ1) is 11.0. The maximum atomic E-state index is 9.81. The zero-order valence-corrected chi connectivity index (χ0v) is 8.76. The largest absolute Gasteiger partial charge is 0.393 e. The molecule has 0 aromatic carbocycles. The van der Waals surface area contributed by atoms with E-state index in [9.17, 15) is 5.11 Å². The van der Waals surface area contributed by atoms with E-state index in [-0.39, 0.29) is 6.10 Å². The Labute approximate surface area is 81.7 Å². The summed E-state index contributed by atoms with van der Waals surface area (Å²) in [6, 6.07) is 0. The third-order valence-corrected chi connectivity index (χ3v) is 2.95. The van der Waals surface area contributed by atoms with E-state index in [1.54, 1.807) is 0 Å². The summed E-state index contributed by atoms with van der Waals surface area (Å²) in [5.74, 6) is 0.508. The quantitative estimate of drug-likeness (QED) is 0.518. The van der Waals surface area contributed by atoms with Gasteiger partial charge in [-0.2, -0.15) is 0 Å². The number of rotatable bonds is 4. The molecule has 1 fully saturated rings. The van der Waals surface area contributed by atoms with Crippen molar-refractivity contribution in [2.24, 2.45) is 5.92 Å². The zero-order valence-electron chi connectivity index (χ0n) is 8.76. The molecule has 0 amide bonds. The molecule has 0 bridgehead atoms. The predicted molar refractivity (Wildman–Crippen MR) is 55.7 cm³/mol. The number of hydrogen-bond donors (Lipinski definition) is 2. The second kappa shape index (κ2) is 6.39. The average molecular weight is 185 g/mol. The lowest BCUT2D eigenvalue weighted by atomic mass is 9.97. The molecule has 1 rings (SSSR count). The van der Waals surface area contributed by atoms with E-state index in [0.29, 0.717) is 5.92 Å². The molecule has 2 nitrogen and oxygen atoms in total. The second-order valence-corrected chi connectivity index (χ2v) is 4.17. The molecule has 0 radical (unpaired) electrons. The Kier molecular flexibility index (Phi) is 5.40. The summed E-state index contributed by atoms with van der Waals surface area (Å²) >= 11 is 0. The molecule has 0 aliphatic heterocycles. The fourth-order valence-electron chi connectivity index (χ4n) is 2.07. The Morgan fingerprint density at radius 2 is 2.00 bits per heavy atom. The highest BCUT2D eigenvalue weighted by Gasteiger charge is 2.20. The average Bonchev–Trinajstić information content (AvgIpc) is 2.32. The van der Waals surface area contributed by atoms with Crippen molar-refractivity contribution in [3.05, 3.63) is 0 Å². The summed E-state index contributed by atoms with van der Waals surface area (Å²) < 4.78 is 0. The highest BCUT2D eigenvalue weighted by Crippen LogP contribution is 2.22. The van der Waals surface area contributed by atoms with Gasteiger partial charge < -0.3 is 10.4 Å².